The summed E-state index contributed by atoms with van der Waals surface area (Å²) in [5, 5.41) is 0. The molecule has 12 heavy (non-hydrogen) atoms. The SMILES string of the molecule is C#CCCC1CC(N)CCC1C. The lowest BCUT2D eigenvalue weighted by atomic mass is 9.76. The summed E-state index contributed by atoms with van der Waals surface area (Å²) in [6.07, 6.45) is 11.0. The molecule has 0 aromatic carbocycles. The van der Waals surface area contributed by atoms with Crippen LogP contribution in [0.4, 0.5) is 0 Å². The first kappa shape index (κ1) is 9.61. The van der Waals surface area contributed by atoms with Gasteiger partial charge in [-0.3, -0.25) is 0 Å². The molecule has 0 aromatic heterocycles. The Kier molecular flexibility index (Phi) is 3.62. The van der Waals surface area contributed by atoms with Crippen LogP contribution in [0.15, 0.2) is 0 Å². The van der Waals surface area contributed by atoms with E-state index in [9.17, 15) is 0 Å². The van der Waals surface area contributed by atoms with Gasteiger partial charge in [-0.1, -0.05) is 6.92 Å². The van der Waals surface area contributed by atoms with E-state index in [1.165, 1.54) is 25.7 Å². The van der Waals surface area contributed by atoms with Crippen molar-refractivity contribution in [3.8, 4) is 12.3 Å². The van der Waals surface area contributed by atoms with E-state index in [0.29, 0.717) is 6.04 Å². The van der Waals surface area contributed by atoms with E-state index in [2.05, 4.69) is 12.8 Å². The van der Waals surface area contributed by atoms with Gasteiger partial charge in [-0.15, -0.1) is 12.3 Å². The van der Waals surface area contributed by atoms with Crippen molar-refractivity contribution in [3.63, 3.8) is 0 Å². The van der Waals surface area contributed by atoms with Crippen LogP contribution in [0.1, 0.15) is 39.0 Å². The van der Waals surface area contributed by atoms with Gasteiger partial charge in [-0.05, 0) is 37.5 Å². The summed E-state index contributed by atoms with van der Waals surface area (Å²) in [4.78, 5) is 0. The van der Waals surface area contributed by atoms with Gasteiger partial charge in [-0.2, -0.15) is 0 Å². The number of nitrogens with two attached hydrogens (primary N) is 1. The zero-order valence-corrected chi connectivity index (χ0v) is 7.92. The minimum Gasteiger partial charge on any atom is -0.328 e. The van der Waals surface area contributed by atoms with Gasteiger partial charge in [0.2, 0.25) is 0 Å². The molecule has 0 amide bonds. The van der Waals surface area contributed by atoms with Gasteiger partial charge in [-0.25, -0.2) is 0 Å². The van der Waals surface area contributed by atoms with Gasteiger partial charge < -0.3 is 5.73 Å². The van der Waals surface area contributed by atoms with Crippen LogP contribution in [-0.2, 0) is 0 Å². The van der Waals surface area contributed by atoms with Crippen molar-refractivity contribution in [1.29, 1.82) is 0 Å². The van der Waals surface area contributed by atoms with Gasteiger partial charge >= 0.3 is 0 Å². The maximum Gasteiger partial charge on any atom is 0.00888 e. The molecule has 0 bridgehead atoms. The Labute approximate surface area is 75.7 Å². The highest BCUT2D eigenvalue weighted by atomic mass is 14.6. The van der Waals surface area contributed by atoms with Gasteiger partial charge in [0.05, 0.1) is 0 Å². The number of hydrogen-bond donors (Lipinski definition) is 1. The van der Waals surface area contributed by atoms with E-state index < -0.39 is 0 Å². The first-order chi connectivity index (χ1) is 5.74. The van der Waals surface area contributed by atoms with Gasteiger partial charge in [0.15, 0.2) is 0 Å². The summed E-state index contributed by atoms with van der Waals surface area (Å²) in [6.45, 7) is 2.33. The molecule has 1 fully saturated rings. The summed E-state index contributed by atoms with van der Waals surface area (Å²) >= 11 is 0. The zero-order chi connectivity index (χ0) is 8.97. The molecule has 1 nitrogen and oxygen atoms in total. The molecule has 0 saturated heterocycles. The van der Waals surface area contributed by atoms with E-state index in [-0.39, 0.29) is 0 Å². The average molecular weight is 165 g/mol. The van der Waals surface area contributed by atoms with Crippen LogP contribution in [0.3, 0.4) is 0 Å². The third-order valence-corrected chi connectivity index (χ3v) is 3.06. The molecule has 1 aliphatic rings. The lowest BCUT2D eigenvalue weighted by Crippen LogP contribution is -2.32. The second kappa shape index (κ2) is 4.52. The lowest BCUT2D eigenvalue weighted by molar-refractivity contribution is 0.222. The van der Waals surface area contributed by atoms with Crippen molar-refractivity contribution in [2.75, 3.05) is 0 Å². The van der Waals surface area contributed by atoms with E-state index in [1.54, 1.807) is 0 Å². The summed E-state index contributed by atoms with van der Waals surface area (Å²) in [6, 6.07) is 0.434. The highest BCUT2D eigenvalue weighted by molar-refractivity contribution is 4.87. The predicted octanol–water partition coefficient (Wildman–Crippen LogP) is 2.16. The first-order valence-corrected chi connectivity index (χ1v) is 4.93. The Balaban J connectivity index is 2.34. The first-order valence-electron chi connectivity index (χ1n) is 4.93. The zero-order valence-electron chi connectivity index (χ0n) is 7.92. The number of rotatable bonds is 2. The third kappa shape index (κ3) is 2.53. The van der Waals surface area contributed by atoms with Crippen molar-refractivity contribution in [3.05, 3.63) is 0 Å². The fraction of sp³-hybridized carbons (Fsp3) is 0.818. The van der Waals surface area contributed by atoms with Crippen LogP contribution in [0.25, 0.3) is 0 Å². The van der Waals surface area contributed by atoms with Crippen LogP contribution in [0.2, 0.25) is 0 Å². The normalized spacial score (nSPS) is 35.9. The smallest absolute Gasteiger partial charge is 0.00888 e. The van der Waals surface area contributed by atoms with Crippen molar-refractivity contribution in [2.24, 2.45) is 17.6 Å². The van der Waals surface area contributed by atoms with E-state index in [4.69, 9.17) is 12.2 Å². The summed E-state index contributed by atoms with van der Waals surface area (Å²) < 4.78 is 0. The quantitative estimate of drug-likeness (QED) is 0.623. The maximum atomic E-state index is 5.91. The molecule has 3 atom stereocenters. The largest absolute Gasteiger partial charge is 0.328 e. The van der Waals surface area contributed by atoms with Crippen LogP contribution in [-0.4, -0.2) is 6.04 Å². The standard InChI is InChI=1S/C11H19N/c1-3-4-5-10-8-11(12)7-6-9(10)2/h1,9-11H,4-8,12H2,2H3. The molecule has 3 unspecified atom stereocenters. The van der Waals surface area contributed by atoms with Gasteiger partial charge in [0, 0.05) is 12.5 Å². The average Bonchev–Trinajstić information content (AvgIpc) is 2.07. The second-order valence-electron chi connectivity index (χ2n) is 4.05. The Hall–Kier alpha value is -0.480. The fourth-order valence-electron chi connectivity index (χ4n) is 2.12. The molecular weight excluding hydrogens is 146 g/mol. The molecule has 0 radical (unpaired) electrons. The molecule has 1 saturated carbocycles. The van der Waals surface area contributed by atoms with Gasteiger partial charge in [0.25, 0.3) is 0 Å². The van der Waals surface area contributed by atoms with Crippen LogP contribution in [0.5, 0.6) is 0 Å². The minimum atomic E-state index is 0.434. The van der Waals surface area contributed by atoms with Crippen molar-refractivity contribution >= 4 is 0 Å². The molecule has 2 N–H and O–H groups in total. The molecule has 0 spiro atoms. The van der Waals surface area contributed by atoms with E-state index in [0.717, 1.165) is 18.3 Å². The van der Waals surface area contributed by atoms with Crippen molar-refractivity contribution in [1.82, 2.24) is 0 Å². The molecule has 0 aliphatic heterocycles. The number of terminal acetylenes is 1. The third-order valence-electron chi connectivity index (χ3n) is 3.06. The highest BCUT2D eigenvalue weighted by Crippen LogP contribution is 2.31. The van der Waals surface area contributed by atoms with E-state index >= 15 is 0 Å². The molecule has 1 heteroatoms. The number of hydrogen-bond acceptors (Lipinski definition) is 1. The van der Waals surface area contributed by atoms with Crippen LogP contribution >= 0.6 is 0 Å². The van der Waals surface area contributed by atoms with Crippen molar-refractivity contribution in [2.45, 2.75) is 45.1 Å². The Morgan fingerprint density at radius 3 is 2.92 bits per heavy atom. The summed E-state index contributed by atoms with van der Waals surface area (Å²) in [5.41, 5.74) is 5.91. The minimum absolute atomic E-state index is 0.434. The maximum absolute atomic E-state index is 5.91. The Morgan fingerprint density at radius 2 is 2.25 bits per heavy atom. The predicted molar refractivity (Wildman–Crippen MR) is 52.5 cm³/mol. The second-order valence-corrected chi connectivity index (χ2v) is 4.05. The van der Waals surface area contributed by atoms with Crippen LogP contribution < -0.4 is 5.73 Å². The molecule has 0 aromatic rings. The fourth-order valence-corrected chi connectivity index (χ4v) is 2.12. The highest BCUT2D eigenvalue weighted by Gasteiger charge is 2.24. The van der Waals surface area contributed by atoms with Crippen molar-refractivity contribution < 1.29 is 0 Å². The van der Waals surface area contributed by atoms with Crippen LogP contribution in [0, 0.1) is 24.2 Å². The van der Waals surface area contributed by atoms with Gasteiger partial charge in [0.1, 0.15) is 0 Å². The molecule has 0 heterocycles. The molecule has 1 aliphatic carbocycles. The molecule has 68 valence electrons. The Bertz CT molecular complexity index is 168. The Morgan fingerprint density at radius 1 is 1.50 bits per heavy atom. The monoisotopic (exact) mass is 165 g/mol. The molecular formula is C11H19N. The summed E-state index contributed by atoms with van der Waals surface area (Å²) in [5.74, 6) is 4.32. The topological polar surface area (TPSA) is 26.0 Å². The molecule has 1 rings (SSSR count). The van der Waals surface area contributed by atoms with E-state index in [1.807, 2.05) is 0 Å². The lowest BCUT2D eigenvalue weighted by Gasteiger charge is -2.32. The summed E-state index contributed by atoms with van der Waals surface area (Å²) in [7, 11) is 0.